The zero-order valence-electron chi connectivity index (χ0n) is 15.0. The fourth-order valence-corrected chi connectivity index (χ4v) is 5.20. The van der Waals surface area contributed by atoms with E-state index in [9.17, 15) is 4.79 Å². The van der Waals surface area contributed by atoms with E-state index in [0.717, 1.165) is 51.5 Å². The Bertz CT molecular complexity index is 608. The van der Waals surface area contributed by atoms with Gasteiger partial charge in [-0.15, -0.1) is 0 Å². The highest BCUT2D eigenvalue weighted by Gasteiger charge is 2.49. The molecule has 2 saturated heterocycles. The van der Waals surface area contributed by atoms with Gasteiger partial charge in [-0.2, -0.15) is 0 Å². The molecule has 1 aliphatic carbocycles. The average Bonchev–Trinajstić information content (AvgIpc) is 3.22. The van der Waals surface area contributed by atoms with Crippen molar-refractivity contribution < 1.29 is 4.79 Å². The molecule has 3 fully saturated rings. The van der Waals surface area contributed by atoms with Crippen molar-refractivity contribution in [2.24, 2.45) is 5.41 Å². The molecule has 0 radical (unpaired) electrons. The third-order valence-corrected chi connectivity index (χ3v) is 6.50. The van der Waals surface area contributed by atoms with Gasteiger partial charge in [0.05, 0.1) is 5.41 Å². The lowest BCUT2D eigenvalue weighted by molar-refractivity contribution is -0.146. The van der Waals surface area contributed by atoms with Crippen LogP contribution in [0.5, 0.6) is 0 Å². The van der Waals surface area contributed by atoms with Gasteiger partial charge in [-0.05, 0) is 51.1 Å². The van der Waals surface area contributed by atoms with Crippen molar-refractivity contribution in [3.05, 3.63) is 35.4 Å². The van der Waals surface area contributed by atoms with Gasteiger partial charge in [0.1, 0.15) is 0 Å². The summed E-state index contributed by atoms with van der Waals surface area (Å²) in [6, 6.07) is 9.35. The number of carbonyl (C=O) groups is 1. The molecule has 1 spiro atoms. The van der Waals surface area contributed by atoms with Crippen LogP contribution in [0, 0.1) is 12.3 Å². The summed E-state index contributed by atoms with van der Waals surface area (Å²) in [7, 11) is 0. The Kier molecular flexibility index (Phi) is 4.38. The van der Waals surface area contributed by atoms with E-state index >= 15 is 0 Å². The summed E-state index contributed by atoms with van der Waals surface area (Å²) in [6.07, 6.45) is 8.78. The Morgan fingerprint density at radius 1 is 1.12 bits per heavy atom. The summed E-state index contributed by atoms with van der Waals surface area (Å²) >= 11 is 0. The maximum absolute atomic E-state index is 13.3. The third kappa shape index (κ3) is 2.99. The van der Waals surface area contributed by atoms with Crippen molar-refractivity contribution >= 4 is 5.91 Å². The van der Waals surface area contributed by atoms with E-state index in [2.05, 4.69) is 41.0 Å². The summed E-state index contributed by atoms with van der Waals surface area (Å²) in [5, 5.41) is 0. The molecule has 1 aromatic carbocycles. The zero-order chi connectivity index (χ0) is 16.6. The van der Waals surface area contributed by atoms with Gasteiger partial charge < -0.3 is 4.90 Å². The van der Waals surface area contributed by atoms with E-state index in [-0.39, 0.29) is 5.41 Å². The molecule has 130 valence electrons. The second kappa shape index (κ2) is 6.51. The second-order valence-corrected chi connectivity index (χ2v) is 8.26. The summed E-state index contributed by atoms with van der Waals surface area (Å²) in [4.78, 5) is 18.1. The van der Waals surface area contributed by atoms with Crippen LogP contribution in [0.4, 0.5) is 0 Å². The number of nitrogens with zero attached hydrogens (tertiary/aromatic N) is 2. The number of hydrogen-bond acceptors (Lipinski definition) is 2. The Hall–Kier alpha value is -1.35. The van der Waals surface area contributed by atoms with E-state index in [1.807, 2.05) is 0 Å². The van der Waals surface area contributed by atoms with Gasteiger partial charge in [-0.1, -0.05) is 42.7 Å². The van der Waals surface area contributed by atoms with Gasteiger partial charge >= 0.3 is 0 Å². The van der Waals surface area contributed by atoms with E-state index < -0.39 is 0 Å². The topological polar surface area (TPSA) is 23.6 Å². The number of piperidine rings is 1. The molecule has 1 atom stereocenters. The van der Waals surface area contributed by atoms with Crippen LogP contribution in [0.3, 0.4) is 0 Å². The fraction of sp³-hybridized carbons (Fsp3) is 0.667. The molecular formula is C21H30N2O. The van der Waals surface area contributed by atoms with Crippen molar-refractivity contribution in [1.82, 2.24) is 9.80 Å². The van der Waals surface area contributed by atoms with E-state index in [0.29, 0.717) is 5.91 Å². The molecule has 1 aromatic rings. The van der Waals surface area contributed by atoms with Crippen LogP contribution in [0.15, 0.2) is 24.3 Å². The Labute approximate surface area is 146 Å². The minimum absolute atomic E-state index is 0.0787. The Morgan fingerprint density at radius 3 is 2.75 bits per heavy atom. The molecule has 3 heteroatoms. The number of carbonyl (C=O) groups excluding carboxylic acids is 1. The van der Waals surface area contributed by atoms with Crippen LogP contribution in [-0.4, -0.2) is 41.4 Å². The normalized spacial score (nSPS) is 29.0. The Morgan fingerprint density at radius 2 is 1.96 bits per heavy atom. The first kappa shape index (κ1) is 16.1. The molecule has 0 bridgehead atoms. The van der Waals surface area contributed by atoms with Gasteiger partial charge in [-0.25, -0.2) is 0 Å². The number of benzene rings is 1. The molecule has 24 heavy (non-hydrogen) atoms. The molecule has 2 aliphatic heterocycles. The summed E-state index contributed by atoms with van der Waals surface area (Å²) < 4.78 is 0. The van der Waals surface area contributed by atoms with Crippen LogP contribution in [0.1, 0.15) is 56.1 Å². The van der Waals surface area contributed by atoms with Crippen LogP contribution in [0.2, 0.25) is 0 Å². The molecule has 3 aliphatic rings. The lowest BCUT2D eigenvalue weighted by Crippen LogP contribution is -2.50. The lowest BCUT2D eigenvalue weighted by atomic mass is 9.78. The van der Waals surface area contributed by atoms with E-state index in [4.69, 9.17) is 0 Å². The van der Waals surface area contributed by atoms with Crippen LogP contribution in [-0.2, 0) is 11.3 Å². The monoisotopic (exact) mass is 326 g/mol. The van der Waals surface area contributed by atoms with Gasteiger partial charge in [-0.3, -0.25) is 9.69 Å². The summed E-state index contributed by atoms with van der Waals surface area (Å²) in [5.74, 6) is 0.427. The molecule has 1 amide bonds. The van der Waals surface area contributed by atoms with Crippen LogP contribution in [0.25, 0.3) is 0 Å². The number of aryl methyl sites for hydroxylation is 1. The number of amides is 1. The molecule has 0 N–H and O–H groups in total. The minimum Gasteiger partial charge on any atom is -0.338 e. The first-order chi connectivity index (χ1) is 11.7. The van der Waals surface area contributed by atoms with E-state index in [1.54, 1.807) is 0 Å². The number of likely N-dealkylation sites (tertiary alicyclic amines) is 2. The van der Waals surface area contributed by atoms with Crippen molar-refractivity contribution in [3.8, 4) is 0 Å². The third-order valence-electron chi connectivity index (χ3n) is 6.50. The fourth-order valence-electron chi connectivity index (χ4n) is 5.20. The maximum Gasteiger partial charge on any atom is 0.230 e. The average molecular weight is 326 g/mol. The van der Waals surface area contributed by atoms with E-state index in [1.165, 1.54) is 36.8 Å². The highest BCUT2D eigenvalue weighted by Crippen LogP contribution is 2.42. The van der Waals surface area contributed by atoms with Crippen molar-refractivity contribution in [3.63, 3.8) is 0 Å². The zero-order valence-corrected chi connectivity index (χ0v) is 15.0. The number of hydrogen-bond donors (Lipinski definition) is 0. The highest BCUT2D eigenvalue weighted by atomic mass is 16.2. The van der Waals surface area contributed by atoms with Crippen molar-refractivity contribution in [2.45, 2.75) is 64.5 Å². The summed E-state index contributed by atoms with van der Waals surface area (Å²) in [6.45, 7) is 5.98. The maximum atomic E-state index is 13.3. The minimum atomic E-state index is -0.0787. The molecule has 3 nitrogen and oxygen atoms in total. The van der Waals surface area contributed by atoms with Crippen molar-refractivity contribution in [2.75, 3.05) is 19.6 Å². The molecule has 0 unspecified atom stereocenters. The number of rotatable bonds is 3. The molecule has 2 heterocycles. The van der Waals surface area contributed by atoms with Crippen molar-refractivity contribution in [1.29, 1.82) is 0 Å². The SMILES string of the molecule is Cc1cccc(CN2CCC[C@]3(CCN(C4CCCC4)C3)C2=O)c1. The summed E-state index contributed by atoms with van der Waals surface area (Å²) in [5.41, 5.74) is 2.47. The second-order valence-electron chi connectivity index (χ2n) is 8.26. The quantitative estimate of drug-likeness (QED) is 0.844. The van der Waals surface area contributed by atoms with Gasteiger partial charge in [0.25, 0.3) is 0 Å². The van der Waals surface area contributed by atoms with Crippen LogP contribution < -0.4 is 0 Å². The largest absolute Gasteiger partial charge is 0.338 e. The van der Waals surface area contributed by atoms with Crippen LogP contribution >= 0.6 is 0 Å². The predicted octanol–water partition coefficient (Wildman–Crippen LogP) is 3.75. The highest BCUT2D eigenvalue weighted by molar-refractivity contribution is 5.84. The molecule has 1 saturated carbocycles. The van der Waals surface area contributed by atoms with Gasteiger partial charge in [0.2, 0.25) is 5.91 Å². The van der Waals surface area contributed by atoms with Gasteiger partial charge in [0, 0.05) is 25.7 Å². The Balaban J connectivity index is 1.46. The first-order valence-corrected chi connectivity index (χ1v) is 9.75. The predicted molar refractivity (Wildman–Crippen MR) is 96.7 cm³/mol. The molecule has 4 rings (SSSR count). The lowest BCUT2D eigenvalue weighted by Gasteiger charge is -2.40. The molecular weight excluding hydrogens is 296 g/mol. The standard InChI is InChI=1S/C21H30N2O/c1-17-6-4-7-18(14-17)15-22-12-5-10-21(20(22)24)11-13-23(16-21)19-8-2-3-9-19/h4,6-7,14,19H,2-3,5,8-13,15-16H2,1H3/t21-/m1/s1. The van der Waals surface area contributed by atoms with Gasteiger partial charge in [0.15, 0.2) is 0 Å². The molecule has 0 aromatic heterocycles. The first-order valence-electron chi connectivity index (χ1n) is 9.75. The smallest absolute Gasteiger partial charge is 0.230 e.